The number of nitrogens with one attached hydrogen (secondary N) is 2. The number of amides is 2. The molecule has 0 fully saturated rings. The summed E-state index contributed by atoms with van der Waals surface area (Å²) in [7, 11) is 0. The van der Waals surface area contributed by atoms with Gasteiger partial charge in [0.2, 0.25) is 0 Å². The molecular weight excluding hydrogens is 421 g/mol. The van der Waals surface area contributed by atoms with Gasteiger partial charge in [-0.2, -0.15) is 13.2 Å². The lowest BCUT2D eigenvalue weighted by Gasteiger charge is -2.12. The van der Waals surface area contributed by atoms with Crippen molar-refractivity contribution in [2.45, 2.75) is 6.18 Å². The van der Waals surface area contributed by atoms with E-state index in [2.05, 4.69) is 20.8 Å². The van der Waals surface area contributed by atoms with E-state index >= 15 is 0 Å². The zero-order chi connectivity index (χ0) is 22.7. The number of rotatable bonds is 3. The highest BCUT2D eigenvalue weighted by molar-refractivity contribution is 6.08. The number of carbonyl (C=O) groups excluding carboxylic acids is 2. The number of para-hydroxylation sites is 1. The SMILES string of the molecule is O=C(NNC(=O)c1cc(-c2ccccn2)nc2ccccc12)c1cccc(C(F)(F)F)c1. The first kappa shape index (κ1) is 21.0. The maximum atomic E-state index is 12.9. The highest BCUT2D eigenvalue weighted by Gasteiger charge is 2.31. The Labute approximate surface area is 180 Å². The Kier molecular flexibility index (Phi) is 5.55. The molecule has 160 valence electrons. The molecule has 2 N–H and O–H groups in total. The topological polar surface area (TPSA) is 84.0 Å². The van der Waals surface area contributed by atoms with E-state index in [9.17, 15) is 22.8 Å². The number of benzene rings is 2. The average molecular weight is 436 g/mol. The Balaban J connectivity index is 1.60. The van der Waals surface area contributed by atoms with Gasteiger partial charge in [-0.25, -0.2) is 4.98 Å². The fourth-order valence-corrected chi connectivity index (χ4v) is 3.10. The number of carbonyl (C=O) groups is 2. The van der Waals surface area contributed by atoms with Gasteiger partial charge in [0, 0.05) is 17.1 Å². The minimum absolute atomic E-state index is 0.223. The number of hydrogen-bond donors (Lipinski definition) is 2. The van der Waals surface area contributed by atoms with Gasteiger partial charge in [-0.15, -0.1) is 0 Å². The van der Waals surface area contributed by atoms with Crippen LogP contribution in [0.1, 0.15) is 26.3 Å². The molecule has 2 aromatic carbocycles. The molecule has 32 heavy (non-hydrogen) atoms. The first-order chi connectivity index (χ1) is 15.3. The molecule has 2 amide bonds. The van der Waals surface area contributed by atoms with E-state index in [-0.39, 0.29) is 11.1 Å². The van der Waals surface area contributed by atoms with Crippen molar-refractivity contribution in [3.05, 3.63) is 95.7 Å². The molecule has 2 heterocycles. The molecular formula is C23H15F3N4O2. The second-order valence-corrected chi connectivity index (χ2v) is 6.77. The number of alkyl halides is 3. The smallest absolute Gasteiger partial charge is 0.267 e. The summed E-state index contributed by atoms with van der Waals surface area (Å²) in [4.78, 5) is 33.9. The average Bonchev–Trinajstić information content (AvgIpc) is 2.81. The molecule has 0 saturated heterocycles. The molecule has 4 rings (SSSR count). The van der Waals surface area contributed by atoms with Crippen molar-refractivity contribution in [2.75, 3.05) is 0 Å². The number of pyridine rings is 2. The summed E-state index contributed by atoms with van der Waals surface area (Å²) in [5, 5.41) is 0.540. The summed E-state index contributed by atoms with van der Waals surface area (Å²) in [6.07, 6.45) is -2.99. The lowest BCUT2D eigenvalue weighted by Crippen LogP contribution is -2.41. The lowest BCUT2D eigenvalue weighted by molar-refractivity contribution is -0.137. The van der Waals surface area contributed by atoms with Crippen LogP contribution in [-0.4, -0.2) is 21.8 Å². The van der Waals surface area contributed by atoms with Gasteiger partial charge in [0.25, 0.3) is 11.8 Å². The Hall–Kier alpha value is -4.27. The monoisotopic (exact) mass is 436 g/mol. The first-order valence-electron chi connectivity index (χ1n) is 9.42. The highest BCUT2D eigenvalue weighted by atomic mass is 19.4. The van der Waals surface area contributed by atoms with E-state index in [1.807, 2.05) is 0 Å². The van der Waals surface area contributed by atoms with Gasteiger partial charge in [0.05, 0.1) is 28.0 Å². The minimum Gasteiger partial charge on any atom is -0.267 e. The molecule has 9 heteroatoms. The quantitative estimate of drug-likeness (QED) is 0.467. The third-order valence-electron chi connectivity index (χ3n) is 4.63. The summed E-state index contributed by atoms with van der Waals surface area (Å²) in [5.74, 6) is -1.53. The van der Waals surface area contributed by atoms with E-state index in [0.29, 0.717) is 28.4 Å². The van der Waals surface area contributed by atoms with Gasteiger partial charge in [-0.1, -0.05) is 30.3 Å². The molecule has 0 spiro atoms. The molecule has 0 radical (unpaired) electrons. The number of aromatic nitrogens is 2. The second kappa shape index (κ2) is 8.46. The lowest BCUT2D eigenvalue weighted by atomic mass is 10.1. The normalized spacial score (nSPS) is 11.2. The molecule has 0 aliphatic carbocycles. The third kappa shape index (κ3) is 4.41. The van der Waals surface area contributed by atoms with E-state index < -0.39 is 23.6 Å². The van der Waals surface area contributed by atoms with Crippen LogP contribution >= 0.6 is 0 Å². The van der Waals surface area contributed by atoms with Gasteiger partial charge in [0.1, 0.15) is 0 Å². The van der Waals surface area contributed by atoms with Crippen LogP contribution in [0.4, 0.5) is 13.2 Å². The van der Waals surface area contributed by atoms with E-state index in [1.165, 1.54) is 12.1 Å². The fourth-order valence-electron chi connectivity index (χ4n) is 3.10. The van der Waals surface area contributed by atoms with Crippen molar-refractivity contribution < 1.29 is 22.8 Å². The molecule has 0 aliphatic heterocycles. The Morgan fingerprint density at radius 2 is 1.53 bits per heavy atom. The standard InChI is InChI=1S/C23H15F3N4O2/c24-23(25,26)15-7-5-6-14(12-15)21(31)29-30-22(32)17-13-20(19-10-3-4-11-27-19)28-18-9-2-1-8-16(17)18/h1-13H,(H,29,31)(H,30,32). The largest absolute Gasteiger partial charge is 0.416 e. The van der Waals surface area contributed by atoms with Crippen molar-refractivity contribution in [3.63, 3.8) is 0 Å². The summed E-state index contributed by atoms with van der Waals surface area (Å²) in [6.45, 7) is 0. The number of halogens is 3. The molecule has 0 atom stereocenters. The predicted molar refractivity (Wildman–Crippen MR) is 111 cm³/mol. The Morgan fingerprint density at radius 1 is 0.781 bits per heavy atom. The Bertz CT molecular complexity index is 1310. The van der Waals surface area contributed by atoms with Gasteiger partial charge >= 0.3 is 6.18 Å². The van der Waals surface area contributed by atoms with Crippen molar-refractivity contribution in [3.8, 4) is 11.4 Å². The van der Waals surface area contributed by atoms with Crippen LogP contribution in [-0.2, 0) is 6.18 Å². The van der Waals surface area contributed by atoms with Crippen molar-refractivity contribution >= 4 is 22.7 Å². The predicted octanol–water partition coefficient (Wildman–Crippen LogP) is 4.39. The highest BCUT2D eigenvalue weighted by Crippen LogP contribution is 2.29. The van der Waals surface area contributed by atoms with E-state index in [4.69, 9.17) is 0 Å². The molecule has 0 aliphatic rings. The van der Waals surface area contributed by atoms with Gasteiger partial charge < -0.3 is 0 Å². The minimum atomic E-state index is -4.59. The molecule has 6 nitrogen and oxygen atoms in total. The van der Waals surface area contributed by atoms with Crippen LogP contribution in [0, 0.1) is 0 Å². The number of hydrogen-bond acceptors (Lipinski definition) is 4. The van der Waals surface area contributed by atoms with Crippen LogP contribution in [0.3, 0.4) is 0 Å². The van der Waals surface area contributed by atoms with Gasteiger partial charge in [-0.3, -0.25) is 25.4 Å². The first-order valence-corrected chi connectivity index (χ1v) is 9.42. The van der Waals surface area contributed by atoms with Crippen LogP contribution < -0.4 is 10.9 Å². The zero-order valence-electron chi connectivity index (χ0n) is 16.4. The molecule has 0 saturated carbocycles. The molecule has 0 bridgehead atoms. The summed E-state index contributed by atoms with van der Waals surface area (Å²) < 4.78 is 38.6. The summed E-state index contributed by atoms with van der Waals surface area (Å²) >= 11 is 0. The van der Waals surface area contributed by atoms with Gasteiger partial charge in [-0.05, 0) is 42.5 Å². The van der Waals surface area contributed by atoms with Crippen molar-refractivity contribution in [2.24, 2.45) is 0 Å². The van der Waals surface area contributed by atoms with Crippen molar-refractivity contribution in [1.82, 2.24) is 20.8 Å². The van der Waals surface area contributed by atoms with Gasteiger partial charge in [0.15, 0.2) is 0 Å². The number of nitrogens with zero attached hydrogens (tertiary/aromatic N) is 2. The maximum absolute atomic E-state index is 12.9. The Morgan fingerprint density at radius 3 is 2.28 bits per heavy atom. The molecule has 2 aromatic heterocycles. The van der Waals surface area contributed by atoms with Crippen LogP contribution in [0.5, 0.6) is 0 Å². The van der Waals surface area contributed by atoms with E-state index in [0.717, 1.165) is 12.1 Å². The number of hydrazine groups is 1. The third-order valence-corrected chi connectivity index (χ3v) is 4.63. The molecule has 4 aromatic rings. The van der Waals surface area contributed by atoms with E-state index in [1.54, 1.807) is 48.7 Å². The van der Waals surface area contributed by atoms with Crippen LogP contribution in [0.2, 0.25) is 0 Å². The summed E-state index contributed by atoms with van der Waals surface area (Å²) in [5.41, 5.74) is 5.00. The summed E-state index contributed by atoms with van der Waals surface area (Å²) in [6, 6.07) is 17.7. The molecule has 0 unspecified atom stereocenters. The van der Waals surface area contributed by atoms with Crippen LogP contribution in [0.15, 0.2) is 79.0 Å². The van der Waals surface area contributed by atoms with Crippen molar-refractivity contribution in [1.29, 1.82) is 0 Å². The second-order valence-electron chi connectivity index (χ2n) is 6.77. The van der Waals surface area contributed by atoms with Crippen LogP contribution in [0.25, 0.3) is 22.3 Å². The number of fused-ring (bicyclic) bond motifs is 1. The zero-order valence-corrected chi connectivity index (χ0v) is 16.4. The fraction of sp³-hybridized carbons (Fsp3) is 0.0435. The maximum Gasteiger partial charge on any atom is 0.416 e.